The second-order valence-corrected chi connectivity index (χ2v) is 6.06. The zero-order valence-corrected chi connectivity index (χ0v) is 10.9. The van der Waals surface area contributed by atoms with E-state index in [0.29, 0.717) is 5.41 Å². The Labute approximate surface area is 99.7 Å². The zero-order valence-electron chi connectivity index (χ0n) is 8.99. The van der Waals surface area contributed by atoms with Crippen LogP contribution in [-0.4, -0.2) is 24.0 Å². The summed E-state index contributed by atoms with van der Waals surface area (Å²) in [5.41, 5.74) is 3.62. The van der Waals surface area contributed by atoms with Crippen LogP contribution in [0.1, 0.15) is 30.4 Å². The second-order valence-electron chi connectivity index (χ2n) is 4.75. The molecular formula is C13H15AsO. The quantitative estimate of drug-likeness (QED) is 0.707. The molecule has 1 saturated carbocycles. The van der Waals surface area contributed by atoms with Crippen molar-refractivity contribution in [3.63, 3.8) is 0 Å². The summed E-state index contributed by atoms with van der Waals surface area (Å²) in [5, 5.41) is 0. The Bertz CT molecular complexity index is 402. The fourth-order valence-electron chi connectivity index (χ4n) is 2.94. The Morgan fingerprint density at radius 1 is 1.47 bits per heavy atom. The second kappa shape index (κ2) is 3.28. The summed E-state index contributed by atoms with van der Waals surface area (Å²) in [6.07, 6.45) is 5.33. The Morgan fingerprint density at radius 2 is 2.27 bits per heavy atom. The summed E-state index contributed by atoms with van der Waals surface area (Å²) in [7, 11) is 1.75. The molecule has 1 aromatic rings. The van der Waals surface area contributed by atoms with Crippen molar-refractivity contribution in [2.24, 2.45) is 0 Å². The molecule has 0 bridgehead atoms. The van der Waals surface area contributed by atoms with Crippen LogP contribution in [0, 0.1) is 0 Å². The van der Waals surface area contributed by atoms with Gasteiger partial charge in [-0.2, -0.15) is 0 Å². The van der Waals surface area contributed by atoms with Gasteiger partial charge in [-0.1, -0.05) is 0 Å². The van der Waals surface area contributed by atoms with Gasteiger partial charge in [-0.25, -0.2) is 0 Å². The maximum absolute atomic E-state index is 5.33. The molecule has 0 saturated heterocycles. The summed E-state index contributed by atoms with van der Waals surface area (Å²) >= 11 is 2.85. The van der Waals surface area contributed by atoms with E-state index in [1.54, 1.807) is 18.2 Å². The molecule has 0 amide bonds. The van der Waals surface area contributed by atoms with Crippen molar-refractivity contribution in [2.45, 2.75) is 35.8 Å². The Hall–Kier alpha value is -0.422. The number of rotatable bonds is 1. The Morgan fingerprint density at radius 3 is 2.93 bits per heavy atom. The molecule has 1 fully saturated rings. The van der Waals surface area contributed by atoms with Gasteiger partial charge in [0.1, 0.15) is 0 Å². The summed E-state index contributed by atoms with van der Waals surface area (Å²) < 4.78 is 6.15. The Balaban J connectivity index is 2.09. The zero-order chi connectivity index (χ0) is 10.5. The van der Waals surface area contributed by atoms with Crippen LogP contribution in [0.25, 0.3) is 0 Å². The van der Waals surface area contributed by atoms with Crippen LogP contribution in [0.3, 0.4) is 0 Å². The molecule has 0 aromatic heterocycles. The first-order valence-electron chi connectivity index (χ1n) is 5.62. The van der Waals surface area contributed by atoms with E-state index in [1.165, 1.54) is 25.7 Å². The van der Waals surface area contributed by atoms with E-state index in [-0.39, 0.29) is 0 Å². The molecule has 3 rings (SSSR count). The van der Waals surface area contributed by atoms with Crippen LogP contribution in [0.15, 0.2) is 18.2 Å². The van der Waals surface area contributed by atoms with Crippen molar-refractivity contribution in [3.05, 3.63) is 29.3 Å². The van der Waals surface area contributed by atoms with Gasteiger partial charge in [0, 0.05) is 0 Å². The van der Waals surface area contributed by atoms with Gasteiger partial charge >= 0.3 is 99.6 Å². The number of benzene rings is 1. The number of ether oxygens (including phenoxy) is 1. The molecule has 0 heterocycles. The third-order valence-electron chi connectivity index (χ3n) is 3.96. The van der Waals surface area contributed by atoms with Gasteiger partial charge in [0.2, 0.25) is 0 Å². The van der Waals surface area contributed by atoms with E-state index in [9.17, 15) is 0 Å². The van der Waals surface area contributed by atoms with Gasteiger partial charge in [0.25, 0.3) is 0 Å². The fourth-order valence-corrected chi connectivity index (χ4v) is 4.18. The SMILES string of the molecule is COc1ccc2c(c1)C1(CCC2)CC1[As]. The molecule has 1 spiro atoms. The molecule has 2 unspecified atom stereocenters. The number of fused-ring (bicyclic) bond motifs is 2. The van der Waals surface area contributed by atoms with Crippen molar-refractivity contribution in [1.29, 1.82) is 0 Å². The van der Waals surface area contributed by atoms with E-state index in [2.05, 4.69) is 35.1 Å². The van der Waals surface area contributed by atoms with Crippen LogP contribution >= 0.6 is 0 Å². The number of aryl methyl sites for hydroxylation is 1. The Kier molecular flexibility index (Phi) is 2.14. The average molecular weight is 262 g/mol. The van der Waals surface area contributed by atoms with E-state index >= 15 is 0 Å². The molecule has 2 aliphatic carbocycles. The molecule has 15 heavy (non-hydrogen) atoms. The van der Waals surface area contributed by atoms with E-state index in [0.717, 1.165) is 10.5 Å². The number of hydrogen-bond acceptors (Lipinski definition) is 1. The molecule has 2 radical (unpaired) electrons. The van der Waals surface area contributed by atoms with Crippen molar-refractivity contribution < 1.29 is 4.74 Å². The maximum atomic E-state index is 5.33. The third kappa shape index (κ3) is 1.36. The first-order valence-corrected chi connectivity index (χ1v) is 6.70. The summed E-state index contributed by atoms with van der Waals surface area (Å²) in [6.45, 7) is 0. The van der Waals surface area contributed by atoms with Crippen LogP contribution < -0.4 is 4.74 Å². The molecule has 2 aliphatic rings. The van der Waals surface area contributed by atoms with Gasteiger partial charge in [-0.15, -0.1) is 0 Å². The average Bonchev–Trinajstić information content (AvgIpc) is 2.90. The monoisotopic (exact) mass is 262 g/mol. The molecule has 78 valence electrons. The van der Waals surface area contributed by atoms with Crippen molar-refractivity contribution in [3.8, 4) is 5.75 Å². The topological polar surface area (TPSA) is 9.23 Å². The first kappa shape index (κ1) is 9.78. The van der Waals surface area contributed by atoms with Crippen LogP contribution in [-0.2, 0) is 11.8 Å². The molecule has 0 N–H and O–H groups in total. The predicted octanol–water partition coefficient (Wildman–Crippen LogP) is 2.63. The van der Waals surface area contributed by atoms with E-state index in [4.69, 9.17) is 4.74 Å². The molecule has 1 aromatic carbocycles. The standard InChI is InChI=1S/C13H15AsO/c1-15-10-5-4-9-3-2-6-13(8-12(13)14)11(9)7-10/h4-5,7,12H,2-3,6,8H2,1H3. The third-order valence-corrected chi connectivity index (χ3v) is 5.38. The summed E-state index contributed by atoms with van der Waals surface area (Å²) in [5.74, 6) is 1.02. The van der Waals surface area contributed by atoms with Crippen LogP contribution in [0.5, 0.6) is 5.75 Å². The van der Waals surface area contributed by atoms with Crippen molar-refractivity contribution >= 4 is 16.9 Å². The van der Waals surface area contributed by atoms with Gasteiger partial charge in [-0.3, -0.25) is 0 Å². The minimum atomic E-state index is 0.502. The van der Waals surface area contributed by atoms with Gasteiger partial charge in [0.05, 0.1) is 0 Å². The molecule has 2 atom stereocenters. The molecule has 2 heteroatoms. The minimum absolute atomic E-state index is 0.502. The van der Waals surface area contributed by atoms with Crippen molar-refractivity contribution in [2.75, 3.05) is 7.11 Å². The predicted molar refractivity (Wildman–Crippen MR) is 61.7 cm³/mol. The van der Waals surface area contributed by atoms with E-state index < -0.39 is 0 Å². The normalized spacial score (nSPS) is 32.5. The summed E-state index contributed by atoms with van der Waals surface area (Å²) in [4.78, 5) is 0. The van der Waals surface area contributed by atoms with Gasteiger partial charge in [0.15, 0.2) is 0 Å². The van der Waals surface area contributed by atoms with Crippen LogP contribution in [0.4, 0.5) is 0 Å². The summed E-state index contributed by atoms with van der Waals surface area (Å²) in [6, 6.07) is 6.62. The molecule has 1 nitrogen and oxygen atoms in total. The molecular weight excluding hydrogens is 247 g/mol. The van der Waals surface area contributed by atoms with Crippen molar-refractivity contribution in [1.82, 2.24) is 0 Å². The van der Waals surface area contributed by atoms with Gasteiger partial charge < -0.3 is 0 Å². The number of methoxy groups -OCH3 is 1. The fraction of sp³-hybridized carbons (Fsp3) is 0.538. The first-order chi connectivity index (χ1) is 7.26. The van der Waals surface area contributed by atoms with Crippen LogP contribution in [0.2, 0.25) is 4.71 Å². The molecule has 0 aliphatic heterocycles. The number of hydrogen-bond donors (Lipinski definition) is 0. The van der Waals surface area contributed by atoms with Gasteiger partial charge in [-0.05, 0) is 0 Å². The van der Waals surface area contributed by atoms with E-state index in [1.807, 2.05) is 0 Å².